The van der Waals surface area contributed by atoms with Gasteiger partial charge >= 0.3 is 0 Å². The van der Waals surface area contributed by atoms with Gasteiger partial charge in [-0.05, 0) is 48.7 Å². The second-order valence-electron chi connectivity index (χ2n) is 7.79. The number of rotatable bonds is 5. The van der Waals surface area contributed by atoms with Crippen LogP contribution in [0.3, 0.4) is 0 Å². The summed E-state index contributed by atoms with van der Waals surface area (Å²) >= 11 is 5.83. The van der Waals surface area contributed by atoms with Crippen LogP contribution in [-0.4, -0.2) is 21.1 Å². The summed E-state index contributed by atoms with van der Waals surface area (Å²) < 4.78 is 10.1. The molecule has 1 aliphatic rings. The van der Waals surface area contributed by atoms with Crippen molar-refractivity contribution in [1.82, 2.24) is 14.3 Å². The first-order valence-corrected chi connectivity index (χ1v) is 11.0. The molecule has 0 aliphatic carbocycles. The second-order valence-corrected chi connectivity index (χ2v) is 8.20. The zero-order chi connectivity index (χ0) is 21.4. The monoisotopic (exact) mass is 427 g/mol. The largest absolute Gasteiger partial charge is 0.497 e. The second kappa shape index (κ2) is 8.08. The Morgan fingerprint density at radius 2 is 1.84 bits per heavy atom. The highest BCUT2D eigenvalue weighted by molar-refractivity contribution is 7.80. The van der Waals surface area contributed by atoms with Crippen molar-refractivity contribution >= 4 is 22.9 Å². The average molecular weight is 428 g/mol. The molecule has 31 heavy (non-hydrogen) atoms. The van der Waals surface area contributed by atoms with Gasteiger partial charge in [-0.3, -0.25) is 4.40 Å². The molecule has 3 heterocycles. The Hall–Kier alpha value is -3.31. The van der Waals surface area contributed by atoms with E-state index in [-0.39, 0.29) is 0 Å². The van der Waals surface area contributed by atoms with E-state index in [1.54, 1.807) is 13.3 Å². The summed E-state index contributed by atoms with van der Waals surface area (Å²) in [5.74, 6) is 0.850. The average Bonchev–Trinajstić information content (AvgIpc) is 3.23. The summed E-state index contributed by atoms with van der Waals surface area (Å²) in [5.41, 5.74) is 8.41. The zero-order valence-electron chi connectivity index (χ0n) is 17.6. The third-order valence-corrected chi connectivity index (χ3v) is 6.34. The molecule has 1 aliphatic heterocycles. The van der Waals surface area contributed by atoms with Crippen molar-refractivity contribution in [3.63, 3.8) is 0 Å². The lowest BCUT2D eigenvalue weighted by Gasteiger charge is -2.11. The quantitative estimate of drug-likeness (QED) is 0.407. The number of aryl methyl sites for hydroxylation is 2. The molecule has 0 atom stereocenters. The lowest BCUT2D eigenvalue weighted by Crippen LogP contribution is -2.18. The lowest BCUT2D eigenvalue weighted by atomic mass is 9.98. The number of benzene rings is 2. The first-order valence-electron chi connectivity index (χ1n) is 10.6. The molecule has 0 spiro atoms. The predicted molar refractivity (Wildman–Crippen MR) is 131 cm³/mol. The van der Waals surface area contributed by atoms with Crippen molar-refractivity contribution in [3.8, 4) is 28.1 Å². The van der Waals surface area contributed by atoms with Crippen molar-refractivity contribution in [2.24, 2.45) is 0 Å². The number of hydrogen-bond acceptors (Lipinski definition) is 2. The van der Waals surface area contributed by atoms with Gasteiger partial charge in [0.05, 0.1) is 18.5 Å². The highest BCUT2D eigenvalue weighted by Gasteiger charge is 2.27. The molecule has 0 saturated carbocycles. The van der Waals surface area contributed by atoms with Crippen LogP contribution in [0.25, 0.3) is 28.0 Å². The maximum atomic E-state index is 5.83. The molecule has 0 bridgehead atoms. The van der Waals surface area contributed by atoms with Gasteiger partial charge in [-0.1, -0.05) is 61.3 Å². The lowest BCUT2D eigenvalue weighted by molar-refractivity contribution is 0.415. The molecule has 0 fully saturated rings. The highest BCUT2D eigenvalue weighted by atomic mass is 32.1. The Labute approximate surface area is 187 Å². The minimum absolute atomic E-state index is 0.680. The van der Waals surface area contributed by atoms with Gasteiger partial charge in [0.25, 0.3) is 0 Å². The predicted octanol–water partition coefficient (Wildman–Crippen LogP) is 5.83. The minimum atomic E-state index is 0.680. The van der Waals surface area contributed by atoms with Gasteiger partial charge in [0, 0.05) is 23.9 Å². The number of methoxy groups -OCH3 is 1. The van der Waals surface area contributed by atoms with E-state index >= 15 is 0 Å². The van der Waals surface area contributed by atoms with Crippen LogP contribution in [0.2, 0.25) is 0 Å². The molecule has 0 radical (unpaired) electrons. The van der Waals surface area contributed by atoms with E-state index in [1.807, 2.05) is 12.1 Å². The molecule has 0 unspecified atom stereocenters. The highest BCUT2D eigenvalue weighted by Crippen LogP contribution is 2.39. The van der Waals surface area contributed by atoms with Gasteiger partial charge < -0.3 is 14.6 Å². The van der Waals surface area contributed by atoms with Crippen molar-refractivity contribution in [1.29, 1.82) is 0 Å². The van der Waals surface area contributed by atoms with Crippen LogP contribution in [-0.2, 0) is 13.0 Å². The summed E-state index contributed by atoms with van der Waals surface area (Å²) in [5, 5.41) is 3.17. The summed E-state index contributed by atoms with van der Waals surface area (Å²) in [7, 11) is 1.69. The number of aromatic nitrogens is 2. The SMILES string of the molecule is C=CNC(=S)c1c(-c2ccc(OC)cc2)c2c3n(c(-c4ccccc4)cn13)CCCC2. The standard InChI is InChI=1S/C26H25N3OS/c1-3-27-25(31)24-23(19-12-14-20(30-2)15-13-19)21-11-7-8-16-28-22(17-29(24)26(21)28)18-9-5-4-6-10-18/h3-6,9-10,12-15,17H,1,7-8,11,16H2,2H3,(H,27,31). The summed E-state index contributed by atoms with van der Waals surface area (Å²) in [6.07, 6.45) is 7.23. The molecule has 156 valence electrons. The molecular formula is C26H25N3OS. The van der Waals surface area contributed by atoms with Crippen LogP contribution < -0.4 is 10.1 Å². The number of nitrogens with zero attached hydrogens (tertiary/aromatic N) is 2. The third kappa shape index (κ3) is 3.26. The topological polar surface area (TPSA) is 30.6 Å². The van der Waals surface area contributed by atoms with E-state index < -0.39 is 0 Å². The first-order chi connectivity index (χ1) is 15.2. The van der Waals surface area contributed by atoms with Crippen molar-refractivity contribution in [2.45, 2.75) is 25.8 Å². The Kier molecular flexibility index (Phi) is 5.12. The van der Waals surface area contributed by atoms with E-state index in [9.17, 15) is 0 Å². The van der Waals surface area contributed by atoms with Crippen LogP contribution in [0.4, 0.5) is 0 Å². The van der Waals surface area contributed by atoms with E-state index in [1.165, 1.54) is 28.0 Å². The maximum Gasteiger partial charge on any atom is 0.128 e. The Morgan fingerprint density at radius 3 is 2.55 bits per heavy atom. The number of thiocarbonyl (C=S) groups is 1. The fourth-order valence-corrected chi connectivity index (χ4v) is 4.96. The van der Waals surface area contributed by atoms with Crippen molar-refractivity contribution in [3.05, 3.63) is 84.8 Å². The summed E-state index contributed by atoms with van der Waals surface area (Å²) in [6.45, 7) is 4.83. The summed E-state index contributed by atoms with van der Waals surface area (Å²) in [4.78, 5) is 0.680. The number of hydrogen-bond donors (Lipinski definition) is 1. The Bertz CT molecular complexity index is 1270. The Morgan fingerprint density at radius 1 is 1.06 bits per heavy atom. The molecule has 0 saturated heterocycles. The maximum absolute atomic E-state index is 5.83. The molecule has 4 nitrogen and oxygen atoms in total. The molecule has 2 aromatic carbocycles. The molecular weight excluding hydrogens is 402 g/mol. The van der Waals surface area contributed by atoms with Gasteiger partial charge in [0.2, 0.25) is 0 Å². The molecule has 1 N–H and O–H groups in total. The van der Waals surface area contributed by atoms with Crippen LogP contribution in [0.1, 0.15) is 24.1 Å². The Balaban J connectivity index is 1.83. The molecule has 5 rings (SSSR count). The van der Waals surface area contributed by atoms with Crippen LogP contribution in [0.15, 0.2) is 73.6 Å². The number of nitrogens with one attached hydrogen (secondary N) is 1. The third-order valence-electron chi connectivity index (χ3n) is 6.03. The van der Waals surface area contributed by atoms with Crippen LogP contribution in [0, 0.1) is 0 Å². The van der Waals surface area contributed by atoms with E-state index in [0.717, 1.165) is 42.8 Å². The molecule has 2 aromatic heterocycles. The fraction of sp³-hybridized carbons (Fsp3) is 0.192. The first kappa shape index (κ1) is 19.6. The fourth-order valence-electron chi connectivity index (χ4n) is 4.68. The van der Waals surface area contributed by atoms with Crippen molar-refractivity contribution < 1.29 is 4.74 Å². The number of ether oxygens (including phenoxy) is 1. The van der Waals surface area contributed by atoms with Crippen molar-refractivity contribution in [2.75, 3.05) is 7.11 Å². The van der Waals surface area contributed by atoms with E-state index in [2.05, 4.69) is 69.5 Å². The summed E-state index contributed by atoms with van der Waals surface area (Å²) in [6, 6.07) is 18.9. The van der Waals surface area contributed by atoms with Gasteiger partial charge in [-0.25, -0.2) is 0 Å². The minimum Gasteiger partial charge on any atom is -0.497 e. The molecule has 0 amide bonds. The van der Waals surface area contributed by atoms with Crippen LogP contribution >= 0.6 is 12.2 Å². The normalized spacial score (nSPS) is 13.1. The van der Waals surface area contributed by atoms with Crippen LogP contribution in [0.5, 0.6) is 5.75 Å². The van der Waals surface area contributed by atoms with E-state index in [0.29, 0.717) is 4.99 Å². The molecule has 4 aromatic rings. The number of imidazole rings is 1. The van der Waals surface area contributed by atoms with Gasteiger partial charge in [-0.15, -0.1) is 0 Å². The smallest absolute Gasteiger partial charge is 0.128 e. The van der Waals surface area contributed by atoms with Gasteiger partial charge in [0.1, 0.15) is 16.4 Å². The zero-order valence-corrected chi connectivity index (χ0v) is 18.4. The molecule has 5 heteroatoms. The van der Waals surface area contributed by atoms with Gasteiger partial charge in [0.15, 0.2) is 0 Å². The van der Waals surface area contributed by atoms with E-state index in [4.69, 9.17) is 17.0 Å². The van der Waals surface area contributed by atoms with Gasteiger partial charge in [-0.2, -0.15) is 0 Å².